The van der Waals surface area contributed by atoms with Crippen LogP contribution >= 0.6 is 0 Å². The maximum atomic E-state index is 13.0. The van der Waals surface area contributed by atoms with E-state index in [0.717, 1.165) is 9.87 Å². The lowest BCUT2D eigenvalue weighted by atomic mass is 9.92. The Bertz CT molecular complexity index is 1210. The quantitative estimate of drug-likeness (QED) is 0.386. The van der Waals surface area contributed by atoms with E-state index >= 15 is 0 Å². The fraction of sp³-hybridized carbons (Fsp3) is 0.360. The Morgan fingerprint density at radius 1 is 1.05 bits per heavy atom. The Hall–Kier alpha value is -3.45. The number of carbonyl (C=O) groups excluding carboxylic acids is 1. The van der Waals surface area contributed by atoms with Crippen molar-refractivity contribution in [3.8, 4) is 5.75 Å². The molecule has 0 aliphatic carbocycles. The fourth-order valence-corrected chi connectivity index (χ4v) is 5.19. The number of sulfonamides is 1. The van der Waals surface area contributed by atoms with Crippen molar-refractivity contribution in [2.45, 2.75) is 23.5 Å². The predicted octanol–water partition coefficient (Wildman–Crippen LogP) is 1.98. The van der Waals surface area contributed by atoms with Crippen LogP contribution in [-0.4, -0.2) is 81.7 Å². The first kappa shape index (κ1) is 28.1. The Morgan fingerprint density at radius 2 is 1.73 bits per heavy atom. The van der Waals surface area contributed by atoms with Crippen LogP contribution in [0.5, 0.6) is 5.75 Å². The number of aliphatic hydroxyl groups excluding tert-OH is 1. The molecular formula is C25H29NO10S. The minimum atomic E-state index is -3.93. The third-order valence-electron chi connectivity index (χ3n) is 5.72. The summed E-state index contributed by atoms with van der Waals surface area (Å²) in [6, 6.07) is 12.4. The number of hydrogen-bond acceptors (Lipinski definition) is 9. The first-order chi connectivity index (χ1) is 17.7. The van der Waals surface area contributed by atoms with Crippen LogP contribution in [0.4, 0.5) is 0 Å². The van der Waals surface area contributed by atoms with E-state index in [9.17, 15) is 28.2 Å². The molecule has 0 unspecified atom stereocenters. The van der Waals surface area contributed by atoms with Crippen molar-refractivity contribution in [3.63, 3.8) is 0 Å². The molecule has 0 spiro atoms. The number of aliphatic hydroxyl groups is 1. The number of hydrogen-bond donors (Lipinski definition) is 2. The van der Waals surface area contributed by atoms with Crippen molar-refractivity contribution >= 4 is 22.0 Å². The normalized spacial score (nSPS) is 17.6. The smallest absolute Gasteiger partial charge is 0.370 e. The second kappa shape index (κ2) is 12.7. The zero-order chi connectivity index (χ0) is 27.0. The van der Waals surface area contributed by atoms with Gasteiger partial charge in [0.25, 0.3) is 0 Å². The molecule has 2 N–H and O–H groups in total. The van der Waals surface area contributed by atoms with Crippen molar-refractivity contribution in [1.29, 1.82) is 0 Å². The van der Waals surface area contributed by atoms with Crippen LogP contribution in [0.15, 0.2) is 65.3 Å². The van der Waals surface area contributed by atoms with Gasteiger partial charge in [-0.15, -0.1) is 0 Å². The molecule has 3 rings (SSSR count). The second-order valence-corrected chi connectivity index (χ2v) is 9.95. The number of allylic oxidation sites excluding steroid dienone is 1. The summed E-state index contributed by atoms with van der Waals surface area (Å²) in [5, 5.41) is 18.9. The number of carboxylic acids is 1. The number of benzene rings is 2. The van der Waals surface area contributed by atoms with Gasteiger partial charge in [0, 0.05) is 25.4 Å². The van der Waals surface area contributed by atoms with E-state index in [1.54, 1.807) is 24.3 Å². The maximum Gasteiger partial charge on any atom is 0.370 e. The van der Waals surface area contributed by atoms with Crippen LogP contribution in [0.25, 0.3) is 0 Å². The predicted molar refractivity (Wildman–Crippen MR) is 131 cm³/mol. The lowest BCUT2D eigenvalue weighted by Crippen LogP contribution is -2.37. The molecule has 0 aromatic heterocycles. The van der Waals surface area contributed by atoms with Gasteiger partial charge < -0.3 is 29.2 Å². The van der Waals surface area contributed by atoms with Gasteiger partial charge in [-0.05, 0) is 48.0 Å². The highest BCUT2D eigenvalue weighted by Gasteiger charge is 2.30. The zero-order valence-electron chi connectivity index (χ0n) is 20.4. The summed E-state index contributed by atoms with van der Waals surface area (Å²) in [6.07, 6.45) is 0.766. The summed E-state index contributed by atoms with van der Waals surface area (Å²) in [4.78, 5) is 23.3. The number of aliphatic carboxylic acids is 1. The molecule has 1 aliphatic heterocycles. The first-order valence-corrected chi connectivity index (χ1v) is 12.8. The molecule has 0 bridgehead atoms. The van der Waals surface area contributed by atoms with Crippen LogP contribution in [0.1, 0.15) is 28.3 Å². The molecule has 0 amide bonds. The van der Waals surface area contributed by atoms with E-state index in [1.807, 2.05) is 0 Å². The second-order valence-electron chi connectivity index (χ2n) is 8.01. The summed E-state index contributed by atoms with van der Waals surface area (Å²) in [5.74, 6) is -1.93. The van der Waals surface area contributed by atoms with Crippen LogP contribution in [-0.2, 0) is 29.0 Å². The monoisotopic (exact) mass is 535 g/mol. The highest BCUT2D eigenvalue weighted by atomic mass is 32.2. The average Bonchev–Trinajstić information content (AvgIpc) is 2.92. The van der Waals surface area contributed by atoms with Crippen molar-refractivity contribution in [1.82, 2.24) is 4.31 Å². The number of carboxylic acid groups (broad SMARTS) is 1. The van der Waals surface area contributed by atoms with Crippen molar-refractivity contribution < 1.29 is 47.2 Å². The van der Waals surface area contributed by atoms with Crippen LogP contribution < -0.4 is 4.74 Å². The Morgan fingerprint density at radius 3 is 2.30 bits per heavy atom. The van der Waals surface area contributed by atoms with Gasteiger partial charge in [0.1, 0.15) is 5.75 Å². The fourth-order valence-electron chi connectivity index (χ4n) is 3.77. The van der Waals surface area contributed by atoms with Gasteiger partial charge in [-0.2, -0.15) is 4.31 Å². The van der Waals surface area contributed by atoms with E-state index in [-0.39, 0.29) is 42.7 Å². The topological polar surface area (TPSA) is 149 Å². The number of esters is 1. The van der Waals surface area contributed by atoms with E-state index in [0.29, 0.717) is 11.3 Å². The van der Waals surface area contributed by atoms with Crippen molar-refractivity contribution in [2.24, 2.45) is 0 Å². The summed E-state index contributed by atoms with van der Waals surface area (Å²) in [5.41, 5.74) is 1.10. The molecule has 0 radical (unpaired) electrons. The molecule has 37 heavy (non-hydrogen) atoms. The molecule has 12 heteroatoms. The SMILES string of the molecule is COC(=O)c1ccc([C@@H]2C=C(C(=O)O)O[C@H](OCCN(CCO)S(=O)(=O)c3ccc(OC)cc3)C2)cc1. The van der Waals surface area contributed by atoms with Crippen molar-refractivity contribution in [2.75, 3.05) is 40.5 Å². The molecule has 1 aliphatic rings. The van der Waals surface area contributed by atoms with Gasteiger partial charge in [0.2, 0.25) is 22.1 Å². The Balaban J connectivity index is 1.69. The maximum absolute atomic E-state index is 13.0. The summed E-state index contributed by atoms with van der Waals surface area (Å²) in [6.45, 7) is -0.760. The first-order valence-electron chi connectivity index (χ1n) is 11.4. The van der Waals surface area contributed by atoms with E-state index in [1.165, 1.54) is 44.6 Å². The molecule has 2 aromatic carbocycles. The van der Waals surface area contributed by atoms with E-state index in [4.69, 9.17) is 18.9 Å². The Kier molecular flexibility index (Phi) is 9.64. The third-order valence-corrected chi connectivity index (χ3v) is 7.63. The highest BCUT2D eigenvalue weighted by Crippen LogP contribution is 2.32. The molecule has 1 heterocycles. The molecule has 0 fully saturated rings. The third kappa shape index (κ3) is 7.07. The summed E-state index contributed by atoms with van der Waals surface area (Å²) in [7, 11) is -1.18. The summed E-state index contributed by atoms with van der Waals surface area (Å²) >= 11 is 0. The average molecular weight is 536 g/mol. The largest absolute Gasteiger partial charge is 0.497 e. The number of carbonyl (C=O) groups is 2. The van der Waals surface area contributed by atoms with Crippen LogP contribution in [0.2, 0.25) is 0 Å². The minimum Gasteiger partial charge on any atom is -0.497 e. The highest BCUT2D eigenvalue weighted by molar-refractivity contribution is 7.89. The van der Waals surface area contributed by atoms with Gasteiger partial charge in [0.15, 0.2) is 0 Å². The molecule has 200 valence electrons. The van der Waals surface area contributed by atoms with Gasteiger partial charge in [0.05, 0.1) is 37.9 Å². The molecule has 2 atom stereocenters. The van der Waals surface area contributed by atoms with E-state index < -0.39 is 34.9 Å². The Labute approximate surface area is 214 Å². The van der Waals surface area contributed by atoms with Gasteiger partial charge in [-0.25, -0.2) is 18.0 Å². The number of ether oxygens (including phenoxy) is 4. The molecular weight excluding hydrogens is 506 g/mol. The number of methoxy groups -OCH3 is 2. The lowest BCUT2D eigenvalue weighted by Gasteiger charge is -2.29. The van der Waals surface area contributed by atoms with Gasteiger partial charge in [-0.3, -0.25) is 0 Å². The molecule has 11 nitrogen and oxygen atoms in total. The summed E-state index contributed by atoms with van der Waals surface area (Å²) < 4.78 is 48.1. The standard InChI is InChI=1S/C25H29NO10S/c1-33-20-7-9-21(10-8-20)37(31,32)26(11-13-27)12-14-35-23-16-19(15-22(36-23)24(28)29)17-3-5-18(6-4-17)25(30)34-2/h3-10,15,19,23,27H,11-14,16H2,1-2H3,(H,28,29)/t19-,23+/m1/s1. The minimum absolute atomic E-state index is 0.0298. The zero-order valence-corrected chi connectivity index (χ0v) is 21.2. The molecule has 0 saturated heterocycles. The lowest BCUT2D eigenvalue weighted by molar-refractivity contribution is -0.157. The number of rotatable bonds is 12. The van der Waals surface area contributed by atoms with Crippen LogP contribution in [0, 0.1) is 0 Å². The van der Waals surface area contributed by atoms with Crippen molar-refractivity contribution in [3.05, 3.63) is 71.5 Å². The van der Waals surface area contributed by atoms with E-state index in [2.05, 4.69) is 0 Å². The molecule has 0 saturated carbocycles. The van der Waals surface area contributed by atoms with Gasteiger partial charge in [-0.1, -0.05) is 12.1 Å². The number of nitrogens with zero attached hydrogens (tertiary/aromatic N) is 1. The van der Waals surface area contributed by atoms with Crippen LogP contribution in [0.3, 0.4) is 0 Å². The van der Waals surface area contributed by atoms with Gasteiger partial charge >= 0.3 is 11.9 Å². The molecule has 2 aromatic rings.